The van der Waals surface area contributed by atoms with Crippen LogP contribution in [0.4, 0.5) is 8.78 Å². The third-order valence-electron chi connectivity index (χ3n) is 7.30. The lowest BCUT2D eigenvalue weighted by Gasteiger charge is -2.39. The zero-order valence-corrected chi connectivity index (χ0v) is 24.1. The van der Waals surface area contributed by atoms with Gasteiger partial charge in [0, 0.05) is 29.6 Å². The standard InChI is InChI=1S/C28H28Cl2F2N4O5/c1-4-40-24(38)10-16-13-35(14-16)23(37)12-22-26-33-34-27(28(30,31)32)36(26)20-9-8-17(29)11-19(20)25(41-22)18-6-5-7-21(39-3)15(18)2/h5-9,11,16,22,25H,4,10,12-14H2,1-3H3/t22-,25-/m1/s1. The molecule has 1 aromatic heterocycles. The number of halogens is 4. The number of aromatic nitrogens is 3. The van der Waals surface area contributed by atoms with Crippen LogP contribution in [0.1, 0.15) is 60.3 Å². The van der Waals surface area contributed by atoms with Gasteiger partial charge in [0.25, 0.3) is 0 Å². The summed E-state index contributed by atoms with van der Waals surface area (Å²) in [5, 5.41) is 4.23. The van der Waals surface area contributed by atoms with Crippen molar-refractivity contribution in [3.05, 3.63) is 69.8 Å². The van der Waals surface area contributed by atoms with Crippen LogP contribution in [0, 0.1) is 12.8 Å². The van der Waals surface area contributed by atoms with Crippen molar-refractivity contribution in [1.82, 2.24) is 19.7 Å². The van der Waals surface area contributed by atoms with E-state index in [0.717, 1.165) is 10.1 Å². The van der Waals surface area contributed by atoms with Crippen LogP contribution in [0.5, 0.6) is 5.75 Å². The van der Waals surface area contributed by atoms with Crippen molar-refractivity contribution in [3.63, 3.8) is 0 Å². The number of benzene rings is 2. The fourth-order valence-electron chi connectivity index (χ4n) is 5.33. The van der Waals surface area contributed by atoms with E-state index < -0.39 is 23.4 Å². The molecule has 0 N–H and O–H groups in total. The molecule has 0 saturated carbocycles. The first-order valence-corrected chi connectivity index (χ1v) is 13.8. The van der Waals surface area contributed by atoms with Crippen LogP contribution in [-0.4, -0.2) is 58.3 Å². The van der Waals surface area contributed by atoms with Gasteiger partial charge in [0.05, 0.1) is 32.2 Å². The molecule has 0 unspecified atom stereocenters. The summed E-state index contributed by atoms with van der Waals surface area (Å²) in [7, 11) is 1.55. The summed E-state index contributed by atoms with van der Waals surface area (Å²) in [6.07, 6.45) is -1.90. The fourth-order valence-corrected chi connectivity index (χ4v) is 5.63. The molecule has 1 amide bonds. The molecule has 13 heteroatoms. The van der Waals surface area contributed by atoms with Gasteiger partial charge in [-0.3, -0.25) is 14.2 Å². The van der Waals surface area contributed by atoms with Gasteiger partial charge in [-0.2, -0.15) is 8.78 Å². The average molecular weight is 609 g/mol. The van der Waals surface area contributed by atoms with Gasteiger partial charge in [0.1, 0.15) is 18.0 Å². The van der Waals surface area contributed by atoms with E-state index in [-0.39, 0.29) is 36.5 Å². The van der Waals surface area contributed by atoms with Crippen molar-refractivity contribution in [3.8, 4) is 11.4 Å². The molecule has 41 heavy (non-hydrogen) atoms. The van der Waals surface area contributed by atoms with E-state index in [1.54, 1.807) is 49.3 Å². The first kappa shape index (κ1) is 29.2. The predicted octanol–water partition coefficient (Wildman–Crippen LogP) is 5.49. The quantitative estimate of drug-likeness (QED) is 0.246. The molecule has 2 aliphatic rings. The van der Waals surface area contributed by atoms with Gasteiger partial charge in [0.15, 0.2) is 5.82 Å². The second-order valence-corrected chi connectivity index (χ2v) is 10.9. The molecule has 1 saturated heterocycles. The molecule has 1 fully saturated rings. The van der Waals surface area contributed by atoms with Gasteiger partial charge < -0.3 is 19.1 Å². The number of fused-ring (bicyclic) bond motifs is 3. The molecule has 5 rings (SSSR count). The number of esters is 1. The molecule has 2 aromatic carbocycles. The molecule has 0 bridgehead atoms. The number of likely N-dealkylation sites (tertiary alicyclic amines) is 1. The number of carbonyl (C=O) groups is 2. The summed E-state index contributed by atoms with van der Waals surface area (Å²) in [5.74, 6) is -0.811. The van der Waals surface area contributed by atoms with E-state index in [1.807, 2.05) is 13.0 Å². The summed E-state index contributed by atoms with van der Waals surface area (Å²) in [6, 6.07) is 10.2. The highest BCUT2D eigenvalue weighted by molar-refractivity contribution is 6.30. The first-order valence-electron chi connectivity index (χ1n) is 13.1. The number of amides is 1. The summed E-state index contributed by atoms with van der Waals surface area (Å²) >= 11 is 11.8. The Morgan fingerprint density at radius 2 is 1.90 bits per heavy atom. The van der Waals surface area contributed by atoms with Crippen molar-refractivity contribution in [1.29, 1.82) is 0 Å². The van der Waals surface area contributed by atoms with Gasteiger partial charge in [0.2, 0.25) is 11.7 Å². The maximum absolute atomic E-state index is 14.6. The Balaban J connectivity index is 1.54. The normalized spacial score (nSPS) is 18.7. The maximum atomic E-state index is 14.6. The summed E-state index contributed by atoms with van der Waals surface area (Å²) < 4.78 is 47.4. The van der Waals surface area contributed by atoms with E-state index >= 15 is 0 Å². The Bertz CT molecular complexity index is 1470. The topological polar surface area (TPSA) is 95.8 Å². The Morgan fingerprint density at radius 1 is 1.15 bits per heavy atom. The maximum Gasteiger partial charge on any atom is 0.382 e. The lowest BCUT2D eigenvalue weighted by Crippen LogP contribution is -2.51. The molecule has 0 spiro atoms. The fraction of sp³-hybridized carbons (Fsp3) is 0.429. The molecule has 3 aromatic rings. The number of hydrogen-bond acceptors (Lipinski definition) is 7. The van der Waals surface area contributed by atoms with Gasteiger partial charge in [-0.1, -0.05) is 23.7 Å². The molecule has 2 aliphatic heterocycles. The molecule has 9 nitrogen and oxygen atoms in total. The number of hydrogen-bond donors (Lipinski definition) is 0. The number of carbonyl (C=O) groups excluding carboxylic acids is 2. The van der Waals surface area contributed by atoms with Crippen LogP contribution in [0.25, 0.3) is 5.69 Å². The van der Waals surface area contributed by atoms with Crippen LogP contribution in [0.3, 0.4) is 0 Å². The predicted molar refractivity (Wildman–Crippen MR) is 145 cm³/mol. The SMILES string of the molecule is CCOC(=O)CC1CN(C(=O)C[C@H]2O[C@H](c3cccc(OC)c3C)c3cc(Cl)ccc3-n3c2nnc3C(F)(F)Cl)C1. The molecular weight excluding hydrogens is 581 g/mol. The minimum Gasteiger partial charge on any atom is -0.496 e. The number of rotatable bonds is 8. The highest BCUT2D eigenvalue weighted by Crippen LogP contribution is 2.46. The molecule has 0 radical (unpaired) electrons. The van der Waals surface area contributed by atoms with Gasteiger partial charge >= 0.3 is 11.4 Å². The van der Waals surface area contributed by atoms with E-state index in [4.69, 9.17) is 37.4 Å². The Hall–Kier alpha value is -3.28. The van der Waals surface area contributed by atoms with Gasteiger partial charge in [-0.25, -0.2) is 0 Å². The van der Waals surface area contributed by atoms with Crippen LogP contribution >= 0.6 is 23.2 Å². The summed E-state index contributed by atoms with van der Waals surface area (Å²) in [6.45, 7) is 4.62. The van der Waals surface area contributed by atoms with Crippen molar-refractivity contribution in [2.45, 2.75) is 44.3 Å². The van der Waals surface area contributed by atoms with Crippen molar-refractivity contribution >= 4 is 35.1 Å². The van der Waals surface area contributed by atoms with E-state index in [0.29, 0.717) is 47.3 Å². The highest BCUT2D eigenvalue weighted by atomic mass is 35.5. The highest BCUT2D eigenvalue weighted by Gasteiger charge is 2.43. The molecule has 3 heterocycles. The van der Waals surface area contributed by atoms with Crippen molar-refractivity contribution in [2.24, 2.45) is 5.92 Å². The third kappa shape index (κ3) is 5.75. The van der Waals surface area contributed by atoms with Crippen LogP contribution < -0.4 is 4.74 Å². The summed E-state index contributed by atoms with van der Waals surface area (Å²) in [5.41, 5.74) is 2.22. The smallest absolute Gasteiger partial charge is 0.382 e. The first-order chi connectivity index (χ1) is 19.5. The molecular formula is C28H28Cl2F2N4O5. The van der Waals surface area contributed by atoms with E-state index in [2.05, 4.69) is 10.2 Å². The Labute approximate surface area is 245 Å². The van der Waals surface area contributed by atoms with Crippen molar-refractivity contribution < 1.29 is 32.6 Å². The Kier molecular flexibility index (Phi) is 8.22. The number of alkyl halides is 3. The number of nitrogens with zero attached hydrogens (tertiary/aromatic N) is 4. The van der Waals surface area contributed by atoms with Gasteiger partial charge in [-0.15, -0.1) is 10.2 Å². The van der Waals surface area contributed by atoms with Crippen LogP contribution in [-0.2, 0) is 24.4 Å². The largest absolute Gasteiger partial charge is 0.496 e. The van der Waals surface area contributed by atoms with Crippen LogP contribution in [0.15, 0.2) is 36.4 Å². The average Bonchev–Trinajstić information content (AvgIpc) is 3.30. The zero-order valence-electron chi connectivity index (χ0n) is 22.6. The lowest BCUT2D eigenvalue weighted by atomic mass is 9.95. The molecule has 0 aliphatic carbocycles. The van der Waals surface area contributed by atoms with Gasteiger partial charge in [-0.05, 0) is 60.8 Å². The minimum atomic E-state index is -3.86. The molecule has 218 valence electrons. The zero-order chi connectivity index (χ0) is 29.5. The molecule has 2 atom stereocenters. The van der Waals surface area contributed by atoms with E-state index in [1.165, 1.54) is 0 Å². The Morgan fingerprint density at radius 3 is 2.59 bits per heavy atom. The number of ether oxygens (including phenoxy) is 3. The second kappa shape index (κ2) is 11.5. The number of methoxy groups -OCH3 is 1. The van der Waals surface area contributed by atoms with Crippen molar-refractivity contribution in [2.75, 3.05) is 26.8 Å². The third-order valence-corrected chi connectivity index (χ3v) is 7.71. The van der Waals surface area contributed by atoms with Crippen LogP contribution in [0.2, 0.25) is 5.02 Å². The monoisotopic (exact) mass is 608 g/mol. The lowest BCUT2D eigenvalue weighted by molar-refractivity contribution is -0.150. The summed E-state index contributed by atoms with van der Waals surface area (Å²) in [4.78, 5) is 26.8. The second-order valence-electron chi connectivity index (χ2n) is 9.98. The van der Waals surface area contributed by atoms with E-state index in [9.17, 15) is 18.4 Å². The minimum absolute atomic E-state index is 0.00361.